The lowest BCUT2D eigenvalue weighted by atomic mass is 10.3. The molecule has 4 rings (SSSR count). The molecule has 8 nitrogen and oxygen atoms in total. The number of imidazole rings is 1. The molecule has 0 saturated heterocycles. The predicted octanol–water partition coefficient (Wildman–Crippen LogP) is 2.61. The zero-order valence-electron chi connectivity index (χ0n) is 15.3. The molecule has 28 heavy (non-hydrogen) atoms. The maximum absolute atomic E-state index is 12.5. The minimum Gasteiger partial charge on any atom is -0.325 e. The third-order valence-electron chi connectivity index (χ3n) is 4.42. The number of carbonyl (C=O) groups excluding carboxylic acids is 2. The number of fused-ring (bicyclic) bond motifs is 1. The van der Waals surface area contributed by atoms with E-state index < -0.39 is 6.04 Å². The van der Waals surface area contributed by atoms with Gasteiger partial charge in [-0.25, -0.2) is 9.67 Å². The first kappa shape index (κ1) is 17.9. The van der Waals surface area contributed by atoms with Crippen LogP contribution < -0.4 is 10.9 Å². The number of rotatable bonds is 4. The molecule has 2 N–H and O–H groups in total. The molecular formula is C19H18N6O2S. The molecule has 0 fully saturated rings. The van der Waals surface area contributed by atoms with Crippen LogP contribution in [0.3, 0.4) is 0 Å². The molecule has 0 aliphatic rings. The Hall–Kier alpha value is -3.46. The van der Waals surface area contributed by atoms with Gasteiger partial charge < -0.3 is 4.57 Å². The molecule has 2 amide bonds. The quantitative estimate of drug-likeness (QED) is 0.520. The van der Waals surface area contributed by atoms with Crippen molar-refractivity contribution in [2.45, 2.75) is 19.9 Å². The minimum absolute atomic E-state index is 0.334. The van der Waals surface area contributed by atoms with Crippen LogP contribution in [0.2, 0.25) is 0 Å². The van der Waals surface area contributed by atoms with Crippen LogP contribution in [0.4, 0.5) is 0 Å². The largest absolute Gasteiger partial charge is 0.325 e. The van der Waals surface area contributed by atoms with Gasteiger partial charge in [-0.3, -0.25) is 20.4 Å². The van der Waals surface area contributed by atoms with Gasteiger partial charge in [0.15, 0.2) is 0 Å². The number of carbonyl (C=O) groups is 2. The molecular weight excluding hydrogens is 376 g/mol. The highest BCUT2D eigenvalue weighted by Crippen LogP contribution is 2.30. The summed E-state index contributed by atoms with van der Waals surface area (Å²) in [5, 5.41) is 5.48. The van der Waals surface area contributed by atoms with E-state index in [0.717, 1.165) is 21.6 Å². The average Bonchev–Trinajstić information content (AvgIpc) is 3.44. The van der Waals surface area contributed by atoms with Crippen molar-refractivity contribution in [3.05, 3.63) is 65.7 Å². The summed E-state index contributed by atoms with van der Waals surface area (Å²) in [6.07, 6.45) is 4.84. The van der Waals surface area contributed by atoms with E-state index in [4.69, 9.17) is 0 Å². The lowest BCUT2D eigenvalue weighted by Gasteiger charge is -2.13. The second-order valence-corrected chi connectivity index (χ2v) is 7.32. The molecule has 0 aliphatic carbocycles. The van der Waals surface area contributed by atoms with E-state index in [9.17, 15) is 9.59 Å². The number of hydrogen-bond acceptors (Lipinski definition) is 5. The first-order valence-corrected chi connectivity index (χ1v) is 9.48. The van der Waals surface area contributed by atoms with Crippen LogP contribution in [0.15, 0.2) is 55.1 Å². The Bertz CT molecular complexity index is 1130. The van der Waals surface area contributed by atoms with Gasteiger partial charge >= 0.3 is 0 Å². The topological polar surface area (TPSA) is 93.8 Å². The van der Waals surface area contributed by atoms with Crippen molar-refractivity contribution in [1.82, 2.24) is 30.2 Å². The van der Waals surface area contributed by atoms with Crippen LogP contribution in [-0.4, -0.2) is 31.1 Å². The zero-order valence-corrected chi connectivity index (χ0v) is 16.1. The molecule has 3 heterocycles. The molecule has 3 aromatic heterocycles. The van der Waals surface area contributed by atoms with Crippen molar-refractivity contribution in [2.24, 2.45) is 0 Å². The van der Waals surface area contributed by atoms with Crippen LogP contribution in [0.5, 0.6) is 0 Å². The Morgan fingerprint density at radius 2 is 1.96 bits per heavy atom. The molecule has 0 unspecified atom stereocenters. The summed E-state index contributed by atoms with van der Waals surface area (Å²) >= 11 is 1.33. The summed E-state index contributed by atoms with van der Waals surface area (Å²) in [7, 11) is 0. The Labute approximate surface area is 164 Å². The Morgan fingerprint density at radius 3 is 2.68 bits per heavy atom. The summed E-state index contributed by atoms with van der Waals surface area (Å²) in [4.78, 5) is 30.0. The van der Waals surface area contributed by atoms with E-state index in [1.165, 1.54) is 11.3 Å². The maximum Gasteiger partial charge on any atom is 0.279 e. The van der Waals surface area contributed by atoms with Gasteiger partial charge in [0.1, 0.15) is 10.9 Å². The van der Waals surface area contributed by atoms with E-state index in [0.29, 0.717) is 4.88 Å². The number of nitrogens with one attached hydrogen (secondary N) is 2. The molecule has 142 valence electrons. The lowest BCUT2D eigenvalue weighted by molar-refractivity contribution is -0.124. The lowest BCUT2D eigenvalue weighted by Crippen LogP contribution is -2.44. The number of amides is 2. The van der Waals surface area contributed by atoms with Gasteiger partial charge in [-0.05, 0) is 32.0 Å². The van der Waals surface area contributed by atoms with E-state index >= 15 is 0 Å². The fourth-order valence-corrected chi connectivity index (χ4v) is 3.90. The van der Waals surface area contributed by atoms with Crippen molar-refractivity contribution >= 4 is 33.4 Å². The van der Waals surface area contributed by atoms with Crippen molar-refractivity contribution in [1.29, 1.82) is 0 Å². The second-order valence-electron chi connectivity index (χ2n) is 6.29. The highest BCUT2D eigenvalue weighted by Gasteiger charge is 2.19. The van der Waals surface area contributed by atoms with Gasteiger partial charge in [0.25, 0.3) is 11.8 Å². The van der Waals surface area contributed by atoms with Crippen molar-refractivity contribution in [3.63, 3.8) is 0 Å². The molecule has 0 spiro atoms. The summed E-state index contributed by atoms with van der Waals surface area (Å²) in [5.74, 6) is -0.703. The standard InChI is InChI=1S/C19H18N6O2S/c1-12-15-10-16(28-19(15)25(23-12)14-6-4-3-5-7-14)18(27)22-21-17(26)13(2)24-9-8-20-11-24/h3-11,13H,1-2H3,(H,21,26)(H,22,27)/t13-/m1/s1. The van der Waals surface area contributed by atoms with Crippen molar-refractivity contribution < 1.29 is 9.59 Å². The minimum atomic E-state index is -0.487. The maximum atomic E-state index is 12.5. The number of aryl methyl sites for hydroxylation is 1. The van der Waals surface area contributed by atoms with Crippen LogP contribution >= 0.6 is 11.3 Å². The third-order valence-corrected chi connectivity index (χ3v) is 5.53. The Kier molecular flexibility index (Phi) is 4.66. The van der Waals surface area contributed by atoms with E-state index in [2.05, 4.69) is 20.9 Å². The van der Waals surface area contributed by atoms with Gasteiger partial charge in [-0.15, -0.1) is 11.3 Å². The van der Waals surface area contributed by atoms with Gasteiger partial charge in [-0.2, -0.15) is 5.10 Å². The van der Waals surface area contributed by atoms with E-state index in [1.807, 2.05) is 41.9 Å². The highest BCUT2D eigenvalue weighted by molar-refractivity contribution is 7.20. The fraction of sp³-hybridized carbons (Fsp3) is 0.158. The summed E-state index contributed by atoms with van der Waals surface area (Å²) in [6.45, 7) is 3.63. The number of aromatic nitrogens is 4. The molecule has 9 heteroatoms. The number of thiophene rings is 1. The van der Waals surface area contributed by atoms with Crippen molar-refractivity contribution in [3.8, 4) is 5.69 Å². The van der Waals surface area contributed by atoms with Crippen LogP contribution in [0, 0.1) is 6.92 Å². The van der Waals surface area contributed by atoms with Crippen LogP contribution in [-0.2, 0) is 4.79 Å². The SMILES string of the molecule is Cc1nn(-c2ccccc2)c2sc(C(=O)NNC(=O)[C@@H](C)n3ccnc3)cc12. The monoisotopic (exact) mass is 394 g/mol. The molecule has 0 aliphatic heterocycles. The highest BCUT2D eigenvalue weighted by atomic mass is 32.1. The zero-order chi connectivity index (χ0) is 19.7. The van der Waals surface area contributed by atoms with Gasteiger partial charge in [0.05, 0.1) is 22.6 Å². The second kappa shape index (κ2) is 7.28. The predicted molar refractivity (Wildman–Crippen MR) is 106 cm³/mol. The number of hydrazine groups is 1. The Balaban J connectivity index is 1.51. The fourth-order valence-electron chi connectivity index (χ4n) is 2.82. The normalized spacial score (nSPS) is 12.1. The van der Waals surface area contributed by atoms with Crippen LogP contribution in [0.1, 0.15) is 28.3 Å². The molecule has 1 aromatic carbocycles. The van der Waals surface area contributed by atoms with E-state index in [1.54, 1.807) is 36.3 Å². The smallest absolute Gasteiger partial charge is 0.279 e. The van der Waals surface area contributed by atoms with Crippen molar-refractivity contribution in [2.75, 3.05) is 0 Å². The van der Waals surface area contributed by atoms with Gasteiger partial charge in [0.2, 0.25) is 0 Å². The van der Waals surface area contributed by atoms with Crippen LogP contribution in [0.25, 0.3) is 15.9 Å². The molecule has 0 saturated carbocycles. The van der Waals surface area contributed by atoms with Gasteiger partial charge in [0, 0.05) is 17.8 Å². The molecule has 0 radical (unpaired) electrons. The average molecular weight is 394 g/mol. The summed E-state index contributed by atoms with van der Waals surface area (Å²) in [5.41, 5.74) is 6.71. The molecule has 0 bridgehead atoms. The number of hydrogen-bond donors (Lipinski definition) is 2. The first-order valence-electron chi connectivity index (χ1n) is 8.67. The van der Waals surface area contributed by atoms with E-state index in [-0.39, 0.29) is 11.8 Å². The summed E-state index contributed by atoms with van der Waals surface area (Å²) < 4.78 is 3.48. The first-order chi connectivity index (χ1) is 13.5. The van der Waals surface area contributed by atoms with Gasteiger partial charge in [-0.1, -0.05) is 18.2 Å². The number of para-hydroxylation sites is 1. The summed E-state index contributed by atoms with van der Waals surface area (Å²) in [6, 6.07) is 11.1. The molecule has 4 aromatic rings. The number of benzene rings is 1. The third kappa shape index (κ3) is 3.27. The number of nitrogens with zero attached hydrogens (tertiary/aromatic N) is 4. The Morgan fingerprint density at radius 1 is 1.18 bits per heavy atom. The molecule has 1 atom stereocenters.